The second kappa shape index (κ2) is 8.75. The first kappa shape index (κ1) is 18.3. The van der Waals surface area contributed by atoms with E-state index in [4.69, 9.17) is 4.74 Å². The fraction of sp³-hybridized carbons (Fsp3) is 0.100. The molecule has 0 bridgehead atoms. The molecule has 1 aromatic heterocycles. The fourth-order valence-corrected chi connectivity index (χ4v) is 2.27. The molecule has 3 aromatic rings. The Hall–Kier alpha value is -3.48. The standard InChI is InChI=1S/C20H17F2N3O2/c21-17-8-6-14(12-18(17)22)24-15-7-9-19(23-13-15)25-20(26)10-11-27-16-4-2-1-3-5-16/h1-9,12-13,24H,10-11H2,(H,23,25,26). The molecule has 1 amide bonds. The van der Waals surface area contributed by atoms with Crippen LogP contribution in [0.4, 0.5) is 26.0 Å². The van der Waals surface area contributed by atoms with Crippen molar-refractivity contribution < 1.29 is 18.3 Å². The summed E-state index contributed by atoms with van der Waals surface area (Å²) in [6.07, 6.45) is 1.67. The Morgan fingerprint density at radius 2 is 1.74 bits per heavy atom. The number of carbonyl (C=O) groups is 1. The first-order valence-electron chi connectivity index (χ1n) is 8.26. The van der Waals surface area contributed by atoms with Crippen LogP contribution in [0.1, 0.15) is 6.42 Å². The van der Waals surface area contributed by atoms with Crippen LogP contribution in [0.15, 0.2) is 66.9 Å². The SMILES string of the molecule is O=C(CCOc1ccccc1)Nc1ccc(Nc2ccc(F)c(F)c2)cn1. The van der Waals surface area contributed by atoms with Gasteiger partial charge in [0.05, 0.1) is 24.9 Å². The van der Waals surface area contributed by atoms with Gasteiger partial charge in [0.1, 0.15) is 11.6 Å². The summed E-state index contributed by atoms with van der Waals surface area (Å²) in [5, 5.41) is 5.57. The largest absolute Gasteiger partial charge is 0.493 e. The van der Waals surface area contributed by atoms with Crippen LogP contribution in [0.5, 0.6) is 5.75 Å². The number of rotatable bonds is 7. The van der Waals surface area contributed by atoms with Gasteiger partial charge < -0.3 is 15.4 Å². The van der Waals surface area contributed by atoms with Gasteiger partial charge in [0.15, 0.2) is 11.6 Å². The number of nitrogens with one attached hydrogen (secondary N) is 2. The van der Waals surface area contributed by atoms with E-state index < -0.39 is 11.6 Å². The molecule has 0 radical (unpaired) electrons. The van der Waals surface area contributed by atoms with Gasteiger partial charge in [-0.15, -0.1) is 0 Å². The highest BCUT2D eigenvalue weighted by molar-refractivity contribution is 5.89. The van der Waals surface area contributed by atoms with E-state index >= 15 is 0 Å². The van der Waals surface area contributed by atoms with Crippen molar-refractivity contribution in [3.8, 4) is 5.75 Å². The second-order valence-corrected chi connectivity index (χ2v) is 5.65. The van der Waals surface area contributed by atoms with Crippen molar-refractivity contribution in [1.82, 2.24) is 4.98 Å². The molecule has 1 heterocycles. The van der Waals surface area contributed by atoms with E-state index in [1.54, 1.807) is 12.1 Å². The molecule has 5 nitrogen and oxygen atoms in total. The summed E-state index contributed by atoms with van der Waals surface area (Å²) in [5.41, 5.74) is 0.969. The number of amides is 1. The van der Waals surface area contributed by atoms with Crippen LogP contribution >= 0.6 is 0 Å². The molecule has 0 atom stereocenters. The second-order valence-electron chi connectivity index (χ2n) is 5.65. The Balaban J connectivity index is 1.48. The van der Waals surface area contributed by atoms with Crippen molar-refractivity contribution in [1.29, 1.82) is 0 Å². The van der Waals surface area contributed by atoms with Gasteiger partial charge in [0.2, 0.25) is 5.91 Å². The molecule has 0 aliphatic heterocycles. The van der Waals surface area contributed by atoms with Gasteiger partial charge >= 0.3 is 0 Å². The average molecular weight is 369 g/mol. The normalized spacial score (nSPS) is 10.3. The molecule has 0 aliphatic rings. The van der Waals surface area contributed by atoms with Crippen molar-refractivity contribution in [2.24, 2.45) is 0 Å². The quantitative estimate of drug-likeness (QED) is 0.643. The lowest BCUT2D eigenvalue weighted by atomic mass is 10.3. The summed E-state index contributed by atoms with van der Waals surface area (Å²) in [4.78, 5) is 16.0. The molecule has 0 spiro atoms. The average Bonchev–Trinajstić information content (AvgIpc) is 2.67. The number of para-hydroxylation sites is 1. The Morgan fingerprint density at radius 1 is 0.963 bits per heavy atom. The molecule has 0 unspecified atom stereocenters. The van der Waals surface area contributed by atoms with Gasteiger partial charge in [-0.2, -0.15) is 0 Å². The lowest BCUT2D eigenvalue weighted by Crippen LogP contribution is -2.15. The summed E-state index contributed by atoms with van der Waals surface area (Å²) >= 11 is 0. The Morgan fingerprint density at radius 3 is 2.44 bits per heavy atom. The van der Waals surface area contributed by atoms with Crippen molar-refractivity contribution in [3.05, 3.63) is 78.5 Å². The summed E-state index contributed by atoms with van der Waals surface area (Å²) in [6, 6.07) is 16.0. The number of hydrogen-bond acceptors (Lipinski definition) is 4. The topological polar surface area (TPSA) is 63.2 Å². The number of carbonyl (C=O) groups excluding carboxylic acids is 1. The third kappa shape index (κ3) is 5.50. The van der Waals surface area contributed by atoms with Crippen LogP contribution in [-0.2, 0) is 4.79 Å². The molecular weight excluding hydrogens is 352 g/mol. The van der Waals surface area contributed by atoms with Crippen molar-refractivity contribution in [2.75, 3.05) is 17.2 Å². The van der Waals surface area contributed by atoms with E-state index in [9.17, 15) is 13.6 Å². The number of ether oxygens (including phenoxy) is 1. The van der Waals surface area contributed by atoms with Gasteiger partial charge in [-0.1, -0.05) is 18.2 Å². The van der Waals surface area contributed by atoms with Gasteiger partial charge in [-0.3, -0.25) is 4.79 Å². The molecule has 0 saturated carbocycles. The number of pyridine rings is 1. The molecule has 138 valence electrons. The van der Waals surface area contributed by atoms with Gasteiger partial charge in [0.25, 0.3) is 0 Å². The predicted molar refractivity (Wildman–Crippen MR) is 99.1 cm³/mol. The van der Waals surface area contributed by atoms with E-state index in [1.807, 2.05) is 30.3 Å². The molecule has 7 heteroatoms. The zero-order valence-corrected chi connectivity index (χ0v) is 14.3. The maximum atomic E-state index is 13.2. The molecule has 3 rings (SSSR count). The maximum Gasteiger partial charge on any atom is 0.228 e. The van der Waals surface area contributed by atoms with Crippen molar-refractivity contribution in [2.45, 2.75) is 6.42 Å². The number of nitrogens with zero attached hydrogens (tertiary/aromatic N) is 1. The van der Waals surface area contributed by atoms with Crippen LogP contribution in [0.2, 0.25) is 0 Å². The number of aromatic nitrogens is 1. The van der Waals surface area contributed by atoms with Crippen molar-refractivity contribution in [3.63, 3.8) is 0 Å². The highest BCUT2D eigenvalue weighted by Crippen LogP contribution is 2.19. The van der Waals surface area contributed by atoms with Crippen molar-refractivity contribution >= 4 is 23.1 Å². The number of halogens is 2. The number of hydrogen-bond donors (Lipinski definition) is 2. The third-order valence-corrected chi connectivity index (χ3v) is 3.58. The van der Waals surface area contributed by atoms with E-state index in [0.717, 1.165) is 12.1 Å². The molecule has 2 N–H and O–H groups in total. The minimum absolute atomic E-state index is 0.186. The summed E-state index contributed by atoms with van der Waals surface area (Å²) in [6.45, 7) is 0.256. The Bertz CT molecular complexity index is 903. The van der Waals surface area contributed by atoms with Gasteiger partial charge in [0, 0.05) is 11.8 Å². The molecular formula is C20H17F2N3O2. The minimum atomic E-state index is -0.936. The fourth-order valence-electron chi connectivity index (χ4n) is 2.27. The lowest BCUT2D eigenvalue weighted by molar-refractivity contribution is -0.116. The highest BCUT2D eigenvalue weighted by atomic mass is 19.2. The van der Waals surface area contributed by atoms with Gasteiger partial charge in [-0.25, -0.2) is 13.8 Å². The van der Waals surface area contributed by atoms with Crippen LogP contribution < -0.4 is 15.4 Å². The monoisotopic (exact) mass is 369 g/mol. The molecule has 0 saturated heterocycles. The molecule has 0 fully saturated rings. The van der Waals surface area contributed by atoms with E-state index in [2.05, 4.69) is 15.6 Å². The summed E-state index contributed by atoms with van der Waals surface area (Å²) in [7, 11) is 0. The van der Waals surface area contributed by atoms with E-state index in [0.29, 0.717) is 22.9 Å². The van der Waals surface area contributed by atoms with E-state index in [1.165, 1.54) is 12.3 Å². The van der Waals surface area contributed by atoms with Crippen LogP contribution in [0, 0.1) is 11.6 Å². The number of anilines is 3. The first-order valence-corrected chi connectivity index (χ1v) is 8.26. The first-order chi connectivity index (χ1) is 13.1. The van der Waals surface area contributed by atoms with Crippen LogP contribution in [0.25, 0.3) is 0 Å². The Kier molecular flexibility index (Phi) is 5.94. The zero-order chi connectivity index (χ0) is 19.1. The maximum absolute atomic E-state index is 13.2. The third-order valence-electron chi connectivity index (χ3n) is 3.58. The predicted octanol–water partition coefficient (Wildman–Crippen LogP) is 4.51. The molecule has 0 aliphatic carbocycles. The van der Waals surface area contributed by atoms with Crippen LogP contribution in [0.3, 0.4) is 0 Å². The summed E-state index contributed by atoms with van der Waals surface area (Å²) in [5.74, 6) is -0.978. The smallest absolute Gasteiger partial charge is 0.228 e. The lowest BCUT2D eigenvalue weighted by Gasteiger charge is -2.09. The summed E-state index contributed by atoms with van der Waals surface area (Å²) < 4.78 is 31.6. The molecule has 2 aromatic carbocycles. The van der Waals surface area contributed by atoms with E-state index in [-0.39, 0.29) is 18.9 Å². The van der Waals surface area contributed by atoms with Gasteiger partial charge in [-0.05, 0) is 36.4 Å². The number of benzene rings is 2. The van der Waals surface area contributed by atoms with Crippen LogP contribution in [-0.4, -0.2) is 17.5 Å². The Labute approximate surface area is 155 Å². The minimum Gasteiger partial charge on any atom is -0.493 e. The zero-order valence-electron chi connectivity index (χ0n) is 14.3. The molecule has 27 heavy (non-hydrogen) atoms. The highest BCUT2D eigenvalue weighted by Gasteiger charge is 2.06.